The van der Waals surface area contributed by atoms with E-state index in [9.17, 15) is 4.79 Å². The first-order valence-electron chi connectivity index (χ1n) is 8.76. The molecule has 1 aliphatic rings. The molecule has 1 atom stereocenters. The summed E-state index contributed by atoms with van der Waals surface area (Å²) in [4.78, 5) is 22.8. The van der Waals surface area contributed by atoms with Gasteiger partial charge in [0.1, 0.15) is 5.82 Å². The largest absolute Gasteiger partial charge is 0.335 e. The lowest BCUT2D eigenvalue weighted by Crippen LogP contribution is -2.46. The third-order valence-electron chi connectivity index (χ3n) is 4.76. The number of amides is 2. The van der Waals surface area contributed by atoms with Crippen molar-refractivity contribution in [2.24, 2.45) is 0 Å². The summed E-state index contributed by atoms with van der Waals surface area (Å²) < 4.78 is 0. The van der Waals surface area contributed by atoms with Crippen molar-refractivity contribution in [3.05, 3.63) is 54.0 Å². The summed E-state index contributed by atoms with van der Waals surface area (Å²) in [5.41, 5.74) is 2.35. The number of carbonyl (C=O) groups is 1. The van der Waals surface area contributed by atoms with Crippen LogP contribution in [0.1, 0.15) is 36.9 Å². The molecule has 3 heterocycles. The maximum Gasteiger partial charge on any atom is 0.320 e. The average molecular weight is 339 g/mol. The lowest BCUT2D eigenvalue weighted by atomic mass is 10.0. The normalized spacial score (nSPS) is 17.0. The minimum absolute atomic E-state index is 0.182. The molecule has 0 spiro atoms. The smallest absolute Gasteiger partial charge is 0.320 e. The first-order chi connectivity index (χ1) is 12.1. The van der Waals surface area contributed by atoms with Crippen LogP contribution in [0.2, 0.25) is 0 Å². The van der Waals surface area contributed by atoms with Crippen LogP contribution >= 0.6 is 0 Å². The molecule has 2 amide bonds. The molecule has 2 aromatic rings. The van der Waals surface area contributed by atoms with Crippen molar-refractivity contribution in [3.63, 3.8) is 0 Å². The van der Waals surface area contributed by atoms with Gasteiger partial charge in [-0.05, 0) is 62.1 Å². The van der Waals surface area contributed by atoms with Gasteiger partial charge in [-0.25, -0.2) is 9.78 Å². The summed E-state index contributed by atoms with van der Waals surface area (Å²) in [5.74, 6) is 0.584. The first kappa shape index (κ1) is 17.4. The second-order valence-electron chi connectivity index (χ2n) is 6.58. The van der Waals surface area contributed by atoms with Gasteiger partial charge in [0.25, 0.3) is 0 Å². The number of carbonyl (C=O) groups excluding carboxylic acids is 1. The van der Waals surface area contributed by atoms with Crippen molar-refractivity contribution in [1.82, 2.24) is 20.2 Å². The fraction of sp³-hybridized carbons (Fsp3) is 0.421. The number of aromatic nitrogens is 2. The van der Waals surface area contributed by atoms with Crippen molar-refractivity contribution >= 4 is 11.8 Å². The van der Waals surface area contributed by atoms with E-state index in [1.165, 1.54) is 5.56 Å². The molecular weight excluding hydrogens is 314 g/mol. The Morgan fingerprint density at radius 1 is 1.20 bits per heavy atom. The van der Waals surface area contributed by atoms with Gasteiger partial charge < -0.3 is 5.32 Å². The van der Waals surface area contributed by atoms with E-state index in [1.807, 2.05) is 31.5 Å². The Morgan fingerprint density at radius 2 is 1.92 bits per heavy atom. The highest BCUT2D eigenvalue weighted by Gasteiger charge is 2.24. The Hall–Kier alpha value is -2.47. The van der Waals surface area contributed by atoms with Crippen LogP contribution in [-0.4, -0.2) is 40.0 Å². The highest BCUT2D eigenvalue weighted by atomic mass is 16.2. The number of nitrogens with one attached hydrogen (secondary N) is 2. The molecule has 0 aromatic carbocycles. The predicted octanol–water partition coefficient (Wildman–Crippen LogP) is 3.13. The van der Waals surface area contributed by atoms with Crippen LogP contribution < -0.4 is 10.6 Å². The fourth-order valence-electron chi connectivity index (χ4n) is 3.23. The van der Waals surface area contributed by atoms with E-state index >= 15 is 0 Å². The lowest BCUT2D eigenvalue weighted by Gasteiger charge is -2.36. The number of rotatable bonds is 4. The van der Waals surface area contributed by atoms with Crippen LogP contribution in [0.5, 0.6) is 0 Å². The number of urea groups is 1. The van der Waals surface area contributed by atoms with Crippen molar-refractivity contribution in [2.75, 3.05) is 18.4 Å². The van der Waals surface area contributed by atoms with Gasteiger partial charge in [-0.1, -0.05) is 0 Å². The van der Waals surface area contributed by atoms with Gasteiger partial charge in [-0.15, -0.1) is 0 Å². The van der Waals surface area contributed by atoms with Crippen molar-refractivity contribution in [1.29, 1.82) is 0 Å². The number of likely N-dealkylation sites (tertiary alicyclic amines) is 1. The molecule has 25 heavy (non-hydrogen) atoms. The van der Waals surface area contributed by atoms with Crippen molar-refractivity contribution in [2.45, 2.75) is 38.8 Å². The Kier molecular flexibility index (Phi) is 5.60. The molecule has 132 valence electrons. The van der Waals surface area contributed by atoms with Gasteiger partial charge in [0.05, 0.1) is 0 Å². The van der Waals surface area contributed by atoms with Crippen LogP contribution in [0, 0.1) is 6.92 Å². The maximum atomic E-state index is 12.1. The minimum Gasteiger partial charge on any atom is -0.335 e. The number of piperidine rings is 1. The monoisotopic (exact) mass is 339 g/mol. The third-order valence-corrected chi connectivity index (χ3v) is 4.76. The first-order valence-corrected chi connectivity index (χ1v) is 8.76. The minimum atomic E-state index is -0.182. The Morgan fingerprint density at radius 3 is 2.60 bits per heavy atom. The molecule has 3 rings (SSSR count). The summed E-state index contributed by atoms with van der Waals surface area (Å²) in [5, 5.41) is 5.87. The molecule has 1 aliphatic heterocycles. The van der Waals surface area contributed by atoms with Crippen LogP contribution in [0.15, 0.2) is 42.9 Å². The van der Waals surface area contributed by atoms with E-state index in [2.05, 4.69) is 44.6 Å². The molecular formula is C19H25N5O. The highest BCUT2D eigenvalue weighted by Crippen LogP contribution is 2.23. The van der Waals surface area contributed by atoms with Crippen LogP contribution in [0.25, 0.3) is 0 Å². The average Bonchev–Trinajstić information content (AvgIpc) is 2.62. The molecule has 0 radical (unpaired) electrons. The van der Waals surface area contributed by atoms with Crippen LogP contribution in [0.4, 0.5) is 10.6 Å². The molecule has 1 saturated heterocycles. The fourth-order valence-corrected chi connectivity index (χ4v) is 3.23. The van der Waals surface area contributed by atoms with Gasteiger partial charge in [-0.3, -0.25) is 15.2 Å². The standard InChI is InChI=1S/C19H25N5O/c1-14-3-10-21-18(13-14)23-19(25)22-17-6-11-24(12-7-17)15(2)16-4-8-20-9-5-16/h3-5,8-10,13,15,17H,6-7,11-12H2,1-2H3,(H2,21,22,23,25). The Labute approximate surface area is 148 Å². The Balaban J connectivity index is 1.47. The number of hydrogen-bond acceptors (Lipinski definition) is 4. The second-order valence-corrected chi connectivity index (χ2v) is 6.58. The van der Waals surface area contributed by atoms with Gasteiger partial charge in [0.15, 0.2) is 0 Å². The van der Waals surface area contributed by atoms with E-state index < -0.39 is 0 Å². The zero-order valence-corrected chi connectivity index (χ0v) is 14.8. The van der Waals surface area contributed by atoms with Crippen molar-refractivity contribution in [3.8, 4) is 0 Å². The Bertz CT molecular complexity index is 698. The van der Waals surface area contributed by atoms with Gasteiger partial charge in [0, 0.05) is 43.8 Å². The number of hydrogen-bond donors (Lipinski definition) is 2. The summed E-state index contributed by atoms with van der Waals surface area (Å²) in [6, 6.07) is 8.29. The third kappa shape index (κ3) is 4.76. The zero-order chi connectivity index (χ0) is 17.6. The SMILES string of the molecule is Cc1ccnc(NC(=O)NC2CCN(C(C)c3ccncc3)CC2)c1. The highest BCUT2D eigenvalue weighted by molar-refractivity contribution is 5.88. The molecule has 6 heteroatoms. The van der Waals surface area contributed by atoms with Crippen LogP contribution in [-0.2, 0) is 0 Å². The molecule has 1 unspecified atom stereocenters. The van der Waals surface area contributed by atoms with E-state index in [4.69, 9.17) is 0 Å². The van der Waals surface area contributed by atoms with E-state index in [-0.39, 0.29) is 12.1 Å². The number of aryl methyl sites for hydroxylation is 1. The molecule has 0 aliphatic carbocycles. The number of nitrogens with zero attached hydrogens (tertiary/aromatic N) is 3. The molecule has 2 aromatic heterocycles. The summed E-state index contributed by atoms with van der Waals surface area (Å²) in [6.45, 7) is 6.14. The topological polar surface area (TPSA) is 70.2 Å². The predicted molar refractivity (Wildman–Crippen MR) is 98.4 cm³/mol. The number of anilines is 1. The van der Waals surface area contributed by atoms with Crippen molar-refractivity contribution < 1.29 is 4.79 Å². The van der Waals surface area contributed by atoms with Gasteiger partial charge >= 0.3 is 6.03 Å². The number of pyridine rings is 2. The maximum absolute atomic E-state index is 12.1. The molecule has 2 N–H and O–H groups in total. The molecule has 6 nitrogen and oxygen atoms in total. The second kappa shape index (κ2) is 8.07. The molecule has 1 fully saturated rings. The lowest BCUT2D eigenvalue weighted by molar-refractivity contribution is 0.154. The van der Waals surface area contributed by atoms with Crippen LogP contribution in [0.3, 0.4) is 0 Å². The molecule has 0 saturated carbocycles. The summed E-state index contributed by atoms with van der Waals surface area (Å²) >= 11 is 0. The van der Waals surface area contributed by atoms with E-state index in [0.29, 0.717) is 11.9 Å². The molecule has 0 bridgehead atoms. The van der Waals surface area contributed by atoms with Gasteiger partial charge in [-0.2, -0.15) is 0 Å². The summed E-state index contributed by atoms with van der Waals surface area (Å²) in [7, 11) is 0. The van der Waals surface area contributed by atoms with E-state index in [1.54, 1.807) is 6.20 Å². The van der Waals surface area contributed by atoms with E-state index in [0.717, 1.165) is 31.5 Å². The van der Waals surface area contributed by atoms with Gasteiger partial charge in [0.2, 0.25) is 0 Å². The zero-order valence-electron chi connectivity index (χ0n) is 14.8. The quantitative estimate of drug-likeness (QED) is 0.898. The summed E-state index contributed by atoms with van der Waals surface area (Å²) in [6.07, 6.45) is 7.27.